The van der Waals surface area contributed by atoms with E-state index in [2.05, 4.69) is 62.3 Å². The molecule has 16 atom stereocenters. The minimum absolute atomic E-state index is 0.0112. The Balaban J connectivity index is 1.13. The average Bonchev–Trinajstić information content (AvgIpc) is 3.37. The van der Waals surface area contributed by atoms with Gasteiger partial charge >= 0.3 is 0 Å². The zero-order valence-corrected chi connectivity index (χ0v) is 30.0. The molecule has 0 N–H and O–H groups in total. The van der Waals surface area contributed by atoms with Crippen molar-refractivity contribution in [3.05, 3.63) is 0 Å². The maximum absolute atomic E-state index is 7.33. The Morgan fingerprint density at radius 2 is 1.20 bits per heavy atom. The van der Waals surface area contributed by atoms with E-state index in [0.29, 0.717) is 47.8 Å². The van der Waals surface area contributed by atoms with Crippen LogP contribution < -0.4 is 0 Å². The number of oxime groups is 1. The minimum atomic E-state index is -0.405. The summed E-state index contributed by atoms with van der Waals surface area (Å²) in [5.41, 5.74) is -0.768. The minimum Gasteiger partial charge on any atom is -0.390 e. The van der Waals surface area contributed by atoms with E-state index >= 15 is 0 Å². The van der Waals surface area contributed by atoms with E-state index in [4.69, 9.17) is 39.0 Å². The van der Waals surface area contributed by atoms with Crippen LogP contribution in [0, 0.1) is 47.3 Å². The molecule has 4 saturated carbocycles. The SMILES string of the molecule is C[C@H]1[C@@H](/C(C[C@H]2O[C@@H]3C[C@]4(C)CC[C@H]5[C@H](C)CC[C@@H]([C@H]2C)[C@@]35OO4)=N\OC(C)(C)C)O[C@@H]2C[C@]3(C)CC[C@H]4[C@H](C)CC[C@@H]1[C@@]24OO3. The van der Waals surface area contributed by atoms with Gasteiger partial charge in [-0.05, 0) is 133 Å². The highest BCUT2D eigenvalue weighted by atomic mass is 17.2. The molecule has 6 saturated heterocycles. The maximum Gasteiger partial charge on any atom is 0.136 e. The third kappa shape index (κ3) is 4.76. The van der Waals surface area contributed by atoms with Crippen LogP contribution in [-0.2, 0) is 33.9 Å². The highest BCUT2D eigenvalue weighted by molar-refractivity contribution is 5.89. The maximum atomic E-state index is 7.33. The zero-order chi connectivity index (χ0) is 32.4. The molecule has 10 fully saturated rings. The fourth-order valence-corrected chi connectivity index (χ4v) is 12.2. The van der Waals surface area contributed by atoms with Crippen molar-refractivity contribution in [3.63, 3.8) is 0 Å². The molecule has 8 heteroatoms. The Hall–Kier alpha value is -0.770. The molecule has 4 aliphatic carbocycles. The van der Waals surface area contributed by atoms with Gasteiger partial charge in [0.05, 0.1) is 24.0 Å². The van der Waals surface area contributed by atoms with Crippen molar-refractivity contribution >= 4 is 5.71 Å². The van der Waals surface area contributed by atoms with E-state index in [-0.39, 0.29) is 52.7 Å². The van der Waals surface area contributed by atoms with E-state index in [9.17, 15) is 0 Å². The highest BCUT2D eigenvalue weighted by Gasteiger charge is 2.70. The number of hydrogen-bond acceptors (Lipinski definition) is 8. The Bertz CT molecular complexity index is 1220. The van der Waals surface area contributed by atoms with Crippen molar-refractivity contribution in [3.8, 4) is 0 Å². The zero-order valence-electron chi connectivity index (χ0n) is 30.0. The van der Waals surface area contributed by atoms with E-state index in [1.54, 1.807) is 0 Å². The first-order valence-corrected chi connectivity index (χ1v) is 19.0. The summed E-state index contributed by atoms with van der Waals surface area (Å²) in [7, 11) is 0. The van der Waals surface area contributed by atoms with E-state index < -0.39 is 5.60 Å². The average molecular weight is 644 g/mol. The first-order valence-electron chi connectivity index (χ1n) is 19.0. The molecule has 0 aromatic heterocycles. The van der Waals surface area contributed by atoms with Crippen molar-refractivity contribution in [1.29, 1.82) is 0 Å². The van der Waals surface area contributed by atoms with Crippen LogP contribution in [0.3, 0.4) is 0 Å². The molecular formula is C38H61NO7. The summed E-state index contributed by atoms with van der Waals surface area (Å²) in [4.78, 5) is 32.0. The van der Waals surface area contributed by atoms with Gasteiger partial charge in [-0.2, -0.15) is 0 Å². The summed E-state index contributed by atoms with van der Waals surface area (Å²) in [6.45, 7) is 20.2. The van der Waals surface area contributed by atoms with Gasteiger partial charge in [0, 0.05) is 19.3 Å². The van der Waals surface area contributed by atoms with Crippen LogP contribution in [0.4, 0.5) is 0 Å². The lowest BCUT2D eigenvalue weighted by atomic mass is 9.55. The summed E-state index contributed by atoms with van der Waals surface area (Å²) >= 11 is 0. The first kappa shape index (κ1) is 32.4. The standard InChI is InChI=1S/C38H61NO7/c1-21-10-12-27-23(3)30(40-31-19-35(8)16-14-25(21)37(27,31)45-43-35)18-29(39-42-34(5,6)7)33-24(4)28-13-11-22(2)26-15-17-36(9)20-32(41-33)38(26,28)46-44-36/h21-28,30-33H,10-20H2,1-9H3/b39-29-/t21-,22-,23-,24-,25+,26+,27+,28+,30-,31-,32-,33+,35+,36+,37-,38-/m1/s1. The van der Waals surface area contributed by atoms with Crippen LogP contribution in [-0.4, -0.2) is 58.1 Å². The van der Waals surface area contributed by atoms with Crippen LogP contribution in [0.1, 0.15) is 133 Å². The quantitative estimate of drug-likeness (QED) is 0.175. The summed E-state index contributed by atoms with van der Waals surface area (Å²) in [5, 5.41) is 5.01. The fraction of sp³-hybridized carbons (Fsp3) is 0.974. The van der Waals surface area contributed by atoms with Gasteiger partial charge in [0.15, 0.2) is 0 Å². The molecule has 260 valence electrons. The van der Waals surface area contributed by atoms with E-state index in [0.717, 1.165) is 57.1 Å². The van der Waals surface area contributed by atoms with E-state index in [1.807, 2.05) is 0 Å². The van der Waals surface area contributed by atoms with Gasteiger partial charge in [0.25, 0.3) is 0 Å². The predicted molar refractivity (Wildman–Crippen MR) is 174 cm³/mol. The summed E-state index contributed by atoms with van der Waals surface area (Å²) < 4.78 is 14.6. The largest absolute Gasteiger partial charge is 0.390 e. The number of rotatable bonds is 4. The van der Waals surface area contributed by atoms with Crippen LogP contribution in [0.2, 0.25) is 0 Å². The number of ether oxygens (including phenoxy) is 2. The highest BCUT2D eigenvalue weighted by Crippen LogP contribution is 2.63. The molecule has 0 unspecified atom stereocenters. The number of hydrogen-bond donors (Lipinski definition) is 0. The Morgan fingerprint density at radius 1 is 0.674 bits per heavy atom. The summed E-state index contributed by atoms with van der Waals surface area (Å²) in [6, 6.07) is 0. The Kier molecular flexibility index (Phi) is 7.66. The lowest BCUT2D eigenvalue weighted by molar-refractivity contribution is -0.487. The van der Waals surface area contributed by atoms with Crippen LogP contribution in [0.25, 0.3) is 0 Å². The number of nitrogens with zero attached hydrogens (tertiary/aromatic N) is 1. The smallest absolute Gasteiger partial charge is 0.136 e. The topological polar surface area (TPSA) is 77.0 Å². The summed E-state index contributed by atoms with van der Waals surface area (Å²) in [5.74, 6) is 3.38. The van der Waals surface area contributed by atoms with Crippen molar-refractivity contribution in [2.75, 3.05) is 0 Å². The van der Waals surface area contributed by atoms with E-state index in [1.165, 1.54) is 12.8 Å². The van der Waals surface area contributed by atoms with Gasteiger partial charge in [0.1, 0.15) is 34.1 Å². The van der Waals surface area contributed by atoms with Crippen molar-refractivity contribution in [2.45, 2.75) is 185 Å². The lowest BCUT2D eigenvalue weighted by Crippen LogP contribution is -2.71. The third-order valence-corrected chi connectivity index (χ3v) is 14.7. The van der Waals surface area contributed by atoms with Crippen LogP contribution in [0.5, 0.6) is 0 Å². The molecule has 6 heterocycles. The molecule has 46 heavy (non-hydrogen) atoms. The lowest BCUT2D eigenvalue weighted by Gasteiger charge is -2.62. The van der Waals surface area contributed by atoms with Gasteiger partial charge in [-0.25, -0.2) is 19.6 Å². The second-order valence-electron chi connectivity index (χ2n) is 18.9. The molecule has 6 aliphatic heterocycles. The second kappa shape index (κ2) is 10.9. The van der Waals surface area contributed by atoms with Crippen LogP contribution in [0.15, 0.2) is 5.16 Å². The van der Waals surface area contributed by atoms with Gasteiger partial charge in [0.2, 0.25) is 0 Å². The number of fused-ring (bicyclic) bond motifs is 4. The molecule has 8 nitrogen and oxygen atoms in total. The molecule has 0 aromatic rings. The molecule has 10 rings (SSSR count). The molecule has 4 bridgehead atoms. The van der Waals surface area contributed by atoms with Gasteiger partial charge in [-0.1, -0.05) is 32.9 Å². The monoisotopic (exact) mass is 643 g/mol. The molecule has 0 amide bonds. The molecule has 10 aliphatic rings. The first-order chi connectivity index (χ1) is 21.7. The van der Waals surface area contributed by atoms with Gasteiger partial charge in [-0.3, -0.25) is 0 Å². The van der Waals surface area contributed by atoms with Gasteiger partial charge < -0.3 is 14.3 Å². The Morgan fingerprint density at radius 3 is 1.74 bits per heavy atom. The molecule has 0 radical (unpaired) electrons. The van der Waals surface area contributed by atoms with Crippen molar-refractivity contribution < 1.29 is 33.9 Å². The third-order valence-electron chi connectivity index (χ3n) is 14.7. The predicted octanol–water partition coefficient (Wildman–Crippen LogP) is 7.97. The fourth-order valence-electron chi connectivity index (χ4n) is 12.2. The molecule has 0 aromatic carbocycles. The Labute approximate surface area is 277 Å². The molecule has 2 spiro atoms. The normalized spacial score (nSPS) is 56.4. The molecular weight excluding hydrogens is 582 g/mol. The van der Waals surface area contributed by atoms with Crippen molar-refractivity contribution in [2.24, 2.45) is 52.5 Å². The van der Waals surface area contributed by atoms with Gasteiger partial charge in [-0.15, -0.1) is 0 Å². The summed E-state index contributed by atoms with van der Waals surface area (Å²) in [6.07, 6.45) is 11.4. The van der Waals surface area contributed by atoms with Crippen molar-refractivity contribution in [1.82, 2.24) is 0 Å². The second-order valence-corrected chi connectivity index (χ2v) is 18.9. The van der Waals surface area contributed by atoms with Crippen LogP contribution >= 0.6 is 0 Å².